The number of para-hydroxylation sites is 1. The predicted octanol–water partition coefficient (Wildman–Crippen LogP) is 0.499. The topological polar surface area (TPSA) is 93.2 Å². The number of hydrogen-bond donors (Lipinski definition) is 3. The average molecular weight is 258 g/mol. The first-order chi connectivity index (χ1) is 8.96. The van der Waals surface area contributed by atoms with Gasteiger partial charge in [-0.1, -0.05) is 18.2 Å². The Morgan fingerprint density at radius 3 is 2.74 bits per heavy atom. The number of aromatic nitrogens is 2. The Morgan fingerprint density at radius 1 is 1.42 bits per heavy atom. The quantitative estimate of drug-likeness (QED) is 0.694. The molecule has 1 atom stereocenters. The van der Waals surface area contributed by atoms with Gasteiger partial charge in [0.05, 0.1) is 11.3 Å². The minimum absolute atomic E-state index is 0.284. The number of anilines is 2. The van der Waals surface area contributed by atoms with Crippen molar-refractivity contribution in [2.45, 2.75) is 12.5 Å². The van der Waals surface area contributed by atoms with Gasteiger partial charge in [-0.05, 0) is 13.0 Å². The van der Waals surface area contributed by atoms with E-state index >= 15 is 0 Å². The SMILES string of the molecule is Cc1nn(C)c(N)c1C1(O)C(=O)Nc2ccccc21. The molecule has 0 spiro atoms. The van der Waals surface area contributed by atoms with Gasteiger partial charge < -0.3 is 16.2 Å². The van der Waals surface area contributed by atoms with Gasteiger partial charge in [0.2, 0.25) is 5.60 Å². The molecule has 19 heavy (non-hydrogen) atoms. The lowest BCUT2D eigenvalue weighted by Crippen LogP contribution is -2.36. The number of nitrogens with two attached hydrogens (primary N) is 1. The molecule has 2 heterocycles. The monoisotopic (exact) mass is 258 g/mol. The van der Waals surface area contributed by atoms with E-state index in [1.165, 1.54) is 4.68 Å². The second-order valence-electron chi connectivity index (χ2n) is 4.68. The molecule has 0 saturated carbocycles. The number of fused-ring (bicyclic) bond motifs is 1. The number of carbonyl (C=O) groups excluding carboxylic acids is 1. The summed E-state index contributed by atoms with van der Waals surface area (Å²) in [6.07, 6.45) is 0. The van der Waals surface area contributed by atoms with E-state index in [1.807, 2.05) is 0 Å². The number of hydrogen-bond acceptors (Lipinski definition) is 4. The lowest BCUT2D eigenvalue weighted by Gasteiger charge is -2.21. The highest BCUT2D eigenvalue weighted by Gasteiger charge is 2.49. The Kier molecular flexibility index (Phi) is 2.21. The van der Waals surface area contributed by atoms with Crippen molar-refractivity contribution in [2.24, 2.45) is 7.05 Å². The maximum atomic E-state index is 12.2. The molecule has 0 fully saturated rings. The molecule has 0 aliphatic carbocycles. The molecule has 0 bridgehead atoms. The molecule has 0 radical (unpaired) electrons. The maximum Gasteiger partial charge on any atom is 0.266 e. The predicted molar refractivity (Wildman–Crippen MR) is 70.4 cm³/mol. The van der Waals surface area contributed by atoms with Crippen molar-refractivity contribution in [1.29, 1.82) is 0 Å². The normalized spacial score (nSPS) is 21.3. The summed E-state index contributed by atoms with van der Waals surface area (Å²) in [6.45, 7) is 1.72. The maximum absolute atomic E-state index is 12.2. The number of benzene rings is 1. The minimum atomic E-state index is -1.78. The van der Waals surface area contributed by atoms with Crippen molar-refractivity contribution in [3.05, 3.63) is 41.1 Å². The highest BCUT2D eigenvalue weighted by Crippen LogP contribution is 2.43. The largest absolute Gasteiger partial charge is 0.384 e. The summed E-state index contributed by atoms with van der Waals surface area (Å²) in [4.78, 5) is 12.2. The summed E-state index contributed by atoms with van der Waals surface area (Å²) in [5, 5.41) is 17.7. The molecule has 6 nitrogen and oxygen atoms in total. The second-order valence-corrected chi connectivity index (χ2v) is 4.68. The second kappa shape index (κ2) is 3.58. The van der Waals surface area contributed by atoms with E-state index in [9.17, 15) is 9.90 Å². The summed E-state index contributed by atoms with van der Waals surface area (Å²) in [5.41, 5.74) is 6.15. The van der Waals surface area contributed by atoms with Gasteiger partial charge >= 0.3 is 0 Å². The van der Waals surface area contributed by atoms with E-state index < -0.39 is 11.5 Å². The van der Waals surface area contributed by atoms with Crippen LogP contribution in [0.2, 0.25) is 0 Å². The summed E-state index contributed by atoms with van der Waals surface area (Å²) < 4.78 is 1.46. The van der Waals surface area contributed by atoms with Crippen LogP contribution in [0.3, 0.4) is 0 Å². The molecule has 4 N–H and O–H groups in total. The molecular weight excluding hydrogens is 244 g/mol. The van der Waals surface area contributed by atoms with Crippen molar-refractivity contribution >= 4 is 17.4 Å². The van der Waals surface area contributed by atoms with Crippen molar-refractivity contribution in [1.82, 2.24) is 9.78 Å². The molecule has 6 heteroatoms. The number of aryl methyl sites for hydroxylation is 2. The third-order valence-corrected chi connectivity index (χ3v) is 3.52. The zero-order valence-corrected chi connectivity index (χ0v) is 10.6. The van der Waals surface area contributed by atoms with Gasteiger partial charge in [-0.15, -0.1) is 0 Å². The zero-order chi connectivity index (χ0) is 13.8. The van der Waals surface area contributed by atoms with Gasteiger partial charge in [0, 0.05) is 18.3 Å². The lowest BCUT2D eigenvalue weighted by atomic mass is 9.87. The van der Waals surface area contributed by atoms with Crippen LogP contribution in [0.25, 0.3) is 0 Å². The van der Waals surface area contributed by atoms with Crippen LogP contribution in [-0.4, -0.2) is 20.8 Å². The van der Waals surface area contributed by atoms with Crippen LogP contribution in [-0.2, 0) is 17.4 Å². The van der Waals surface area contributed by atoms with Gasteiger partial charge in [0.1, 0.15) is 5.82 Å². The van der Waals surface area contributed by atoms with Crippen LogP contribution in [0.4, 0.5) is 11.5 Å². The molecule has 1 aliphatic rings. The van der Waals surface area contributed by atoms with E-state index in [4.69, 9.17) is 5.73 Å². The standard InChI is InChI=1S/C13H14N4O2/c1-7-10(11(14)17(2)16-7)13(19)8-5-3-4-6-9(8)15-12(13)18/h3-6,19H,14H2,1-2H3,(H,15,18). The fraction of sp³-hybridized carbons (Fsp3) is 0.231. The Balaban J connectivity index is 2.32. The number of rotatable bonds is 1. The Labute approximate surface area is 109 Å². The van der Waals surface area contributed by atoms with Crippen LogP contribution in [0.5, 0.6) is 0 Å². The van der Waals surface area contributed by atoms with E-state index in [2.05, 4.69) is 10.4 Å². The van der Waals surface area contributed by atoms with Crippen LogP contribution in [0, 0.1) is 6.92 Å². The fourth-order valence-corrected chi connectivity index (χ4v) is 2.61. The summed E-state index contributed by atoms with van der Waals surface area (Å²) in [7, 11) is 1.67. The third kappa shape index (κ3) is 1.34. The molecule has 1 aromatic heterocycles. The Morgan fingerprint density at radius 2 is 2.11 bits per heavy atom. The summed E-state index contributed by atoms with van der Waals surface area (Å²) in [5.74, 6) is -0.219. The fourth-order valence-electron chi connectivity index (χ4n) is 2.61. The Hall–Kier alpha value is -2.34. The molecule has 1 aliphatic heterocycles. The van der Waals surface area contributed by atoms with Crippen LogP contribution in [0.15, 0.2) is 24.3 Å². The Bertz CT molecular complexity index is 692. The van der Waals surface area contributed by atoms with Gasteiger partial charge in [-0.3, -0.25) is 9.48 Å². The first-order valence-electron chi connectivity index (χ1n) is 5.89. The minimum Gasteiger partial charge on any atom is -0.384 e. The van der Waals surface area contributed by atoms with E-state index in [0.717, 1.165) is 0 Å². The van der Waals surface area contributed by atoms with E-state index in [1.54, 1.807) is 38.2 Å². The number of amides is 1. The van der Waals surface area contributed by atoms with E-state index in [0.29, 0.717) is 22.5 Å². The van der Waals surface area contributed by atoms with Gasteiger partial charge in [0.25, 0.3) is 5.91 Å². The highest BCUT2D eigenvalue weighted by molar-refractivity contribution is 6.08. The number of carbonyl (C=O) groups is 1. The average Bonchev–Trinajstić information content (AvgIpc) is 2.77. The molecule has 3 rings (SSSR count). The molecule has 2 aromatic rings. The molecule has 1 amide bonds. The van der Waals surface area contributed by atoms with Crippen molar-refractivity contribution < 1.29 is 9.90 Å². The third-order valence-electron chi connectivity index (χ3n) is 3.52. The van der Waals surface area contributed by atoms with Crippen LogP contribution in [0.1, 0.15) is 16.8 Å². The molecule has 1 aromatic carbocycles. The summed E-state index contributed by atoms with van der Waals surface area (Å²) in [6, 6.07) is 7.02. The summed E-state index contributed by atoms with van der Waals surface area (Å²) >= 11 is 0. The van der Waals surface area contributed by atoms with Crippen molar-refractivity contribution in [3.8, 4) is 0 Å². The zero-order valence-electron chi connectivity index (χ0n) is 10.6. The van der Waals surface area contributed by atoms with Crippen LogP contribution < -0.4 is 11.1 Å². The molecule has 98 valence electrons. The van der Waals surface area contributed by atoms with Crippen molar-refractivity contribution in [2.75, 3.05) is 11.1 Å². The smallest absolute Gasteiger partial charge is 0.266 e. The van der Waals surface area contributed by atoms with Gasteiger partial charge in [-0.2, -0.15) is 5.10 Å². The van der Waals surface area contributed by atoms with Crippen molar-refractivity contribution in [3.63, 3.8) is 0 Å². The van der Waals surface area contributed by atoms with Crippen LogP contribution >= 0.6 is 0 Å². The van der Waals surface area contributed by atoms with E-state index in [-0.39, 0.29) is 5.82 Å². The first kappa shape index (κ1) is 11.7. The number of nitrogens with zero attached hydrogens (tertiary/aromatic N) is 2. The molecule has 0 saturated heterocycles. The first-order valence-corrected chi connectivity index (χ1v) is 5.89. The number of aliphatic hydroxyl groups is 1. The highest BCUT2D eigenvalue weighted by atomic mass is 16.3. The lowest BCUT2D eigenvalue weighted by molar-refractivity contribution is -0.129. The number of nitrogens with one attached hydrogen (secondary N) is 1. The molecule has 1 unspecified atom stereocenters. The van der Waals surface area contributed by atoms with Gasteiger partial charge in [0.15, 0.2) is 0 Å². The van der Waals surface area contributed by atoms with Gasteiger partial charge in [-0.25, -0.2) is 0 Å². The molecular formula is C13H14N4O2. The number of nitrogen functional groups attached to an aromatic ring is 1.